The number of nitrogens with two attached hydrogens (primary N) is 1. The zero-order chi connectivity index (χ0) is 15.1. The van der Waals surface area contributed by atoms with E-state index in [2.05, 4.69) is 12.2 Å². The lowest BCUT2D eigenvalue weighted by Crippen LogP contribution is -2.45. The van der Waals surface area contributed by atoms with Crippen LogP contribution in [0.25, 0.3) is 0 Å². The molecule has 0 heterocycles. The smallest absolute Gasteiger partial charge is 0.328 e. The number of carbonyl (C=O) groups excluding carboxylic acids is 1. The van der Waals surface area contributed by atoms with Gasteiger partial charge in [-0.05, 0) is 37.1 Å². The molecule has 0 aliphatic heterocycles. The van der Waals surface area contributed by atoms with Crippen LogP contribution in [0.5, 0.6) is 5.75 Å². The minimum atomic E-state index is -0.400. The highest BCUT2D eigenvalue weighted by atomic mass is 16.5. The van der Waals surface area contributed by atoms with Crippen molar-refractivity contribution in [1.82, 2.24) is 5.32 Å². The van der Waals surface area contributed by atoms with Crippen molar-refractivity contribution in [3.8, 4) is 5.75 Å². The van der Waals surface area contributed by atoms with E-state index in [9.17, 15) is 4.79 Å². The molecule has 1 aromatic carbocycles. The van der Waals surface area contributed by atoms with Gasteiger partial charge in [0, 0.05) is 12.2 Å². The number of hydrogen-bond donors (Lipinski definition) is 3. The van der Waals surface area contributed by atoms with E-state index in [-0.39, 0.29) is 5.96 Å². The largest absolute Gasteiger partial charge is 0.497 e. The maximum atomic E-state index is 12.1. The molecule has 2 amide bonds. The van der Waals surface area contributed by atoms with E-state index in [1.807, 2.05) is 25.1 Å². The van der Waals surface area contributed by atoms with Crippen molar-refractivity contribution < 1.29 is 9.53 Å². The van der Waals surface area contributed by atoms with Crippen molar-refractivity contribution in [3.63, 3.8) is 0 Å². The van der Waals surface area contributed by atoms with Crippen LogP contribution in [0.15, 0.2) is 18.2 Å². The molecule has 0 unspecified atom stereocenters. The third kappa shape index (κ3) is 3.88. The predicted octanol–water partition coefficient (Wildman–Crippen LogP) is 2.08. The second-order valence-corrected chi connectivity index (χ2v) is 4.33. The molecule has 1 rings (SSSR count). The molecule has 0 aliphatic rings. The van der Waals surface area contributed by atoms with Gasteiger partial charge in [-0.25, -0.2) is 4.79 Å². The zero-order valence-corrected chi connectivity index (χ0v) is 12.2. The number of benzene rings is 1. The van der Waals surface area contributed by atoms with Gasteiger partial charge in [0.1, 0.15) is 5.75 Å². The number of rotatable bonds is 5. The molecule has 6 nitrogen and oxygen atoms in total. The Morgan fingerprint density at radius 1 is 1.45 bits per heavy atom. The normalized spacial score (nSPS) is 9.95. The summed E-state index contributed by atoms with van der Waals surface area (Å²) in [6.07, 6.45) is 1.81. The molecule has 0 aliphatic carbocycles. The predicted molar refractivity (Wildman–Crippen MR) is 80.5 cm³/mol. The Labute approximate surface area is 119 Å². The maximum Gasteiger partial charge on any atom is 0.328 e. The molecule has 0 aromatic heterocycles. The van der Waals surface area contributed by atoms with E-state index in [0.717, 1.165) is 29.8 Å². The summed E-state index contributed by atoms with van der Waals surface area (Å²) in [6, 6.07) is 5.20. The number of methoxy groups -OCH3 is 1. The number of carbonyl (C=O) groups is 1. The number of ether oxygens (including phenoxy) is 1. The lowest BCUT2D eigenvalue weighted by atomic mass is 10.1. The summed E-state index contributed by atoms with van der Waals surface area (Å²) in [5.41, 5.74) is 7.06. The molecule has 110 valence electrons. The average Bonchev–Trinajstić information content (AvgIpc) is 2.40. The van der Waals surface area contributed by atoms with Crippen LogP contribution in [0.4, 0.5) is 10.5 Å². The second-order valence-electron chi connectivity index (χ2n) is 4.33. The monoisotopic (exact) mass is 278 g/mol. The molecular weight excluding hydrogens is 256 g/mol. The highest BCUT2D eigenvalue weighted by Crippen LogP contribution is 2.26. The van der Waals surface area contributed by atoms with Crippen molar-refractivity contribution >= 4 is 17.7 Å². The van der Waals surface area contributed by atoms with Gasteiger partial charge in [0.25, 0.3) is 0 Å². The van der Waals surface area contributed by atoms with Crippen molar-refractivity contribution in [2.45, 2.75) is 26.7 Å². The van der Waals surface area contributed by atoms with Crippen LogP contribution in [0.2, 0.25) is 0 Å². The van der Waals surface area contributed by atoms with Crippen LogP contribution in [0.1, 0.15) is 25.8 Å². The number of guanidine groups is 1. The minimum absolute atomic E-state index is 0.362. The fourth-order valence-corrected chi connectivity index (χ4v) is 2.03. The SMILES string of the molecule is CCCc1cc(OC)ccc1N(CC)C(=O)NC(=N)N. The van der Waals surface area contributed by atoms with Crippen LogP contribution in [0, 0.1) is 5.41 Å². The molecule has 0 atom stereocenters. The van der Waals surface area contributed by atoms with Gasteiger partial charge in [0.2, 0.25) is 0 Å². The summed E-state index contributed by atoms with van der Waals surface area (Å²) >= 11 is 0. The number of urea groups is 1. The number of nitrogens with zero attached hydrogens (tertiary/aromatic N) is 1. The summed E-state index contributed by atoms with van der Waals surface area (Å²) < 4.78 is 5.22. The lowest BCUT2D eigenvalue weighted by Gasteiger charge is -2.24. The fourth-order valence-electron chi connectivity index (χ4n) is 2.03. The number of aryl methyl sites for hydroxylation is 1. The topological polar surface area (TPSA) is 91.4 Å². The van der Waals surface area contributed by atoms with Crippen LogP contribution in [-0.2, 0) is 6.42 Å². The molecule has 0 bridgehead atoms. The maximum absolute atomic E-state index is 12.1. The Bertz CT molecular complexity index is 488. The summed E-state index contributed by atoms with van der Waals surface area (Å²) in [5, 5.41) is 9.46. The van der Waals surface area contributed by atoms with Crippen LogP contribution in [0.3, 0.4) is 0 Å². The third-order valence-electron chi connectivity index (χ3n) is 2.90. The number of nitrogens with one attached hydrogen (secondary N) is 2. The van der Waals surface area contributed by atoms with Gasteiger partial charge >= 0.3 is 6.03 Å². The molecule has 6 heteroatoms. The van der Waals surface area contributed by atoms with Crippen molar-refractivity contribution in [2.24, 2.45) is 5.73 Å². The van der Waals surface area contributed by atoms with Gasteiger partial charge in [-0.2, -0.15) is 0 Å². The minimum Gasteiger partial charge on any atom is -0.497 e. The van der Waals surface area contributed by atoms with Gasteiger partial charge in [0.05, 0.1) is 7.11 Å². The van der Waals surface area contributed by atoms with E-state index in [1.165, 1.54) is 0 Å². The second kappa shape index (κ2) is 7.37. The molecule has 1 aromatic rings. The van der Waals surface area contributed by atoms with E-state index in [1.54, 1.807) is 12.0 Å². The molecule has 0 fully saturated rings. The standard InChI is InChI=1S/C14H22N4O2/c1-4-6-10-9-11(20-3)7-8-12(10)18(5-2)14(19)17-13(15)16/h7-9H,4-6H2,1-3H3,(H4,15,16,17,19). The van der Waals surface area contributed by atoms with E-state index >= 15 is 0 Å². The van der Waals surface area contributed by atoms with Crippen LogP contribution >= 0.6 is 0 Å². The van der Waals surface area contributed by atoms with Gasteiger partial charge in [-0.1, -0.05) is 13.3 Å². The van der Waals surface area contributed by atoms with Crippen molar-refractivity contribution in [3.05, 3.63) is 23.8 Å². The van der Waals surface area contributed by atoms with Crippen molar-refractivity contribution in [1.29, 1.82) is 5.41 Å². The van der Waals surface area contributed by atoms with Crippen LogP contribution < -0.4 is 20.7 Å². The number of anilines is 1. The Morgan fingerprint density at radius 2 is 2.15 bits per heavy atom. The highest BCUT2D eigenvalue weighted by molar-refractivity contribution is 6.02. The van der Waals surface area contributed by atoms with E-state index in [0.29, 0.717) is 6.54 Å². The van der Waals surface area contributed by atoms with E-state index in [4.69, 9.17) is 15.9 Å². The molecule has 0 spiro atoms. The quantitative estimate of drug-likeness (QED) is 0.569. The zero-order valence-electron chi connectivity index (χ0n) is 12.2. The van der Waals surface area contributed by atoms with Gasteiger partial charge in [-0.3, -0.25) is 15.6 Å². The lowest BCUT2D eigenvalue weighted by molar-refractivity contribution is 0.250. The van der Waals surface area contributed by atoms with Gasteiger partial charge in [0.15, 0.2) is 5.96 Å². The highest BCUT2D eigenvalue weighted by Gasteiger charge is 2.17. The molecule has 0 saturated carbocycles. The summed E-state index contributed by atoms with van der Waals surface area (Å²) in [6.45, 7) is 4.44. The Hall–Kier alpha value is -2.24. The number of hydrogen-bond acceptors (Lipinski definition) is 3. The molecule has 4 N–H and O–H groups in total. The number of amides is 2. The average molecular weight is 278 g/mol. The summed E-state index contributed by atoms with van der Waals surface area (Å²) in [7, 11) is 1.62. The van der Waals surface area contributed by atoms with Gasteiger partial charge < -0.3 is 10.5 Å². The fraction of sp³-hybridized carbons (Fsp3) is 0.429. The molecular formula is C14H22N4O2. The Balaban J connectivity index is 3.13. The molecule has 20 heavy (non-hydrogen) atoms. The first-order valence-corrected chi connectivity index (χ1v) is 6.62. The Morgan fingerprint density at radius 3 is 2.65 bits per heavy atom. The van der Waals surface area contributed by atoms with E-state index < -0.39 is 6.03 Å². The molecule has 0 saturated heterocycles. The summed E-state index contributed by atoms with van der Waals surface area (Å²) in [4.78, 5) is 13.6. The first kappa shape index (κ1) is 15.8. The third-order valence-corrected chi connectivity index (χ3v) is 2.90. The van der Waals surface area contributed by atoms with Gasteiger partial charge in [-0.15, -0.1) is 0 Å². The van der Waals surface area contributed by atoms with Crippen molar-refractivity contribution in [2.75, 3.05) is 18.6 Å². The van der Waals surface area contributed by atoms with Crippen LogP contribution in [-0.4, -0.2) is 25.6 Å². The first-order chi connectivity index (χ1) is 9.53. The summed E-state index contributed by atoms with van der Waals surface area (Å²) in [5.74, 6) is 0.402. The Kier molecular flexibility index (Phi) is 5.83. The molecule has 0 radical (unpaired) electrons. The first-order valence-electron chi connectivity index (χ1n) is 6.62.